The van der Waals surface area contributed by atoms with Gasteiger partial charge in [-0.25, -0.2) is 0 Å². The highest BCUT2D eigenvalue weighted by Gasteiger charge is 2.63. The predicted octanol–water partition coefficient (Wildman–Crippen LogP) is 8.83. The van der Waals surface area contributed by atoms with Gasteiger partial charge in [-0.2, -0.15) is 0 Å². The van der Waals surface area contributed by atoms with Crippen LogP contribution in [0.5, 0.6) is 0 Å². The van der Waals surface area contributed by atoms with E-state index in [0.717, 1.165) is 22.3 Å². The Morgan fingerprint density at radius 3 is 1.24 bits per heavy atom. The van der Waals surface area contributed by atoms with Gasteiger partial charge in [-0.15, -0.1) is 0 Å². The lowest BCUT2D eigenvalue weighted by Gasteiger charge is -2.60. The zero-order valence-corrected chi connectivity index (χ0v) is 30.4. The van der Waals surface area contributed by atoms with Gasteiger partial charge in [0.25, 0.3) is 0 Å². The summed E-state index contributed by atoms with van der Waals surface area (Å²) >= 11 is 0. The van der Waals surface area contributed by atoms with Crippen molar-refractivity contribution >= 4 is 19.5 Å². The third kappa shape index (κ3) is 6.88. The average molecular weight is 634 g/mol. The van der Waals surface area contributed by atoms with Crippen molar-refractivity contribution < 1.29 is 8.85 Å². The minimum atomic E-state index is -1.09. The Morgan fingerprint density at radius 1 is 0.578 bits per heavy atom. The largest absolute Gasteiger partial charge is 0.410 e. The first-order valence-electron chi connectivity index (χ1n) is 16.1. The number of hydrogen-bond acceptors (Lipinski definition) is 3. The molecular formula is C38H47N3O2Si2. The van der Waals surface area contributed by atoms with E-state index in [-0.39, 0.29) is 28.0 Å². The Bertz CT molecular complexity index is 1490. The van der Waals surface area contributed by atoms with E-state index < -0.39 is 30.7 Å². The van der Waals surface area contributed by atoms with E-state index >= 15 is 0 Å². The van der Waals surface area contributed by atoms with E-state index in [0.29, 0.717) is 6.42 Å². The minimum Gasteiger partial charge on any atom is -0.410 e. The average Bonchev–Trinajstić information content (AvgIpc) is 3.03. The molecule has 0 N–H and O–H groups in total. The maximum atomic E-state index is 9.92. The van der Waals surface area contributed by atoms with Crippen LogP contribution < -0.4 is 0 Å². The van der Waals surface area contributed by atoms with Crippen LogP contribution in [0.1, 0.15) is 70.2 Å². The summed E-state index contributed by atoms with van der Waals surface area (Å²) in [6, 6.07) is 42.3. The van der Waals surface area contributed by atoms with Crippen LogP contribution in [0.15, 0.2) is 126 Å². The van der Waals surface area contributed by atoms with E-state index in [4.69, 9.17) is 8.85 Å². The molecule has 1 aliphatic rings. The van der Waals surface area contributed by atoms with Crippen LogP contribution in [0.25, 0.3) is 10.4 Å². The maximum Gasteiger partial charge on any atom is 0.168 e. The molecule has 1 saturated carbocycles. The summed E-state index contributed by atoms with van der Waals surface area (Å²) in [6.07, 6.45) is 0.693. The predicted molar refractivity (Wildman–Crippen MR) is 191 cm³/mol. The lowest BCUT2D eigenvalue weighted by atomic mass is 9.51. The van der Waals surface area contributed by atoms with Crippen molar-refractivity contribution in [2.75, 3.05) is 0 Å². The lowest BCUT2D eigenvalue weighted by molar-refractivity contribution is -0.125. The van der Waals surface area contributed by atoms with Crippen molar-refractivity contribution in [3.05, 3.63) is 154 Å². The quantitative estimate of drug-likeness (QED) is 0.0717. The fraction of sp³-hybridized carbons (Fsp3) is 0.368. The van der Waals surface area contributed by atoms with Gasteiger partial charge in [0.15, 0.2) is 19.5 Å². The van der Waals surface area contributed by atoms with Crippen molar-refractivity contribution in [1.82, 2.24) is 0 Å². The molecule has 5 nitrogen and oxygen atoms in total. The van der Waals surface area contributed by atoms with Crippen molar-refractivity contribution in [3.63, 3.8) is 0 Å². The molecule has 1 fully saturated rings. The summed E-state index contributed by atoms with van der Waals surface area (Å²) in [5, 5.41) is 4.60. The summed E-state index contributed by atoms with van der Waals surface area (Å²) < 4.78 is 15.0. The first-order chi connectivity index (χ1) is 21.5. The molecule has 0 unspecified atom stereocenters. The van der Waals surface area contributed by atoms with Gasteiger partial charge in [-0.05, 0) is 44.3 Å². The van der Waals surface area contributed by atoms with Crippen LogP contribution >= 0.6 is 0 Å². The van der Waals surface area contributed by atoms with Gasteiger partial charge < -0.3 is 8.85 Å². The van der Waals surface area contributed by atoms with Gasteiger partial charge in [-0.1, -0.05) is 168 Å². The van der Waals surface area contributed by atoms with Crippen LogP contribution in [0.4, 0.5) is 0 Å². The van der Waals surface area contributed by atoms with Gasteiger partial charge >= 0.3 is 0 Å². The third-order valence-electron chi connectivity index (χ3n) is 8.81. The smallest absolute Gasteiger partial charge is 0.168 e. The molecule has 4 aromatic carbocycles. The van der Waals surface area contributed by atoms with Crippen molar-refractivity contribution in [3.8, 4) is 0 Å². The number of benzene rings is 4. The fourth-order valence-corrected chi connectivity index (χ4v) is 9.27. The number of hydrogen-bond donors (Lipinski definition) is 0. The molecule has 3 atom stereocenters. The number of nitrogens with zero attached hydrogens (tertiary/aromatic N) is 3. The monoisotopic (exact) mass is 633 g/mol. The van der Waals surface area contributed by atoms with Crippen LogP contribution in [-0.4, -0.2) is 25.6 Å². The van der Waals surface area contributed by atoms with E-state index in [2.05, 4.69) is 173 Å². The third-order valence-corrected chi connectivity index (χ3v) is 11.7. The Morgan fingerprint density at radius 2 is 0.911 bits per heavy atom. The summed E-state index contributed by atoms with van der Waals surface area (Å²) in [7, 11) is -2.14. The molecular weight excluding hydrogens is 587 g/mol. The zero-order chi connectivity index (χ0) is 32.1. The Kier molecular flexibility index (Phi) is 9.87. The summed E-state index contributed by atoms with van der Waals surface area (Å²) in [5.74, 6) is -0.232. The minimum absolute atomic E-state index is 0.0354. The standard InChI is InChI=1S/C38H47N3O2Si2/c1-35(2,3)44-42-37(28-19-11-7-12-20-28,29-21-13-8-14-22-29)32-27-33(40-41-39)34(32)38(43-45-36(4,5)6,30-23-15-9-16-24-30)31-25-17-10-18-26-31/h7-26,32-34H,27,44-45H2,1-6H3/t32-,33+,34+/m0/s1. The molecule has 0 aliphatic heterocycles. The molecule has 0 saturated heterocycles. The van der Waals surface area contributed by atoms with E-state index in [1.807, 2.05) is 0 Å². The molecule has 7 heteroatoms. The van der Waals surface area contributed by atoms with E-state index in [1.165, 1.54) is 0 Å². The maximum absolute atomic E-state index is 9.92. The van der Waals surface area contributed by atoms with Crippen molar-refractivity contribution in [2.24, 2.45) is 17.0 Å². The Balaban J connectivity index is 1.84. The summed E-state index contributed by atoms with van der Waals surface area (Å²) in [6.45, 7) is 13.6. The van der Waals surface area contributed by atoms with Gasteiger partial charge in [0, 0.05) is 22.8 Å². The molecule has 234 valence electrons. The molecule has 0 spiro atoms. The van der Waals surface area contributed by atoms with Gasteiger partial charge in [-0.3, -0.25) is 0 Å². The molecule has 1 aliphatic carbocycles. The van der Waals surface area contributed by atoms with Gasteiger partial charge in [0.1, 0.15) is 11.2 Å². The summed E-state index contributed by atoms with van der Waals surface area (Å²) in [5.41, 5.74) is 12.8. The molecule has 0 amide bonds. The van der Waals surface area contributed by atoms with Crippen LogP contribution in [0.2, 0.25) is 10.1 Å². The highest BCUT2D eigenvalue weighted by Crippen LogP contribution is 2.61. The van der Waals surface area contributed by atoms with E-state index in [9.17, 15) is 5.53 Å². The zero-order valence-electron chi connectivity index (χ0n) is 27.6. The van der Waals surface area contributed by atoms with Crippen LogP contribution in [0, 0.1) is 11.8 Å². The Labute approximate surface area is 273 Å². The van der Waals surface area contributed by atoms with Crippen molar-refractivity contribution in [1.29, 1.82) is 0 Å². The molecule has 45 heavy (non-hydrogen) atoms. The topological polar surface area (TPSA) is 67.2 Å². The molecule has 0 aromatic heterocycles. The Hall–Kier alpha value is -3.46. The van der Waals surface area contributed by atoms with Crippen LogP contribution in [-0.2, 0) is 20.1 Å². The number of rotatable bonds is 11. The molecule has 0 bridgehead atoms. The second kappa shape index (κ2) is 13.5. The molecule has 5 rings (SSSR count). The second-order valence-electron chi connectivity index (χ2n) is 14.8. The van der Waals surface area contributed by atoms with Gasteiger partial charge in [0.05, 0.1) is 0 Å². The highest BCUT2D eigenvalue weighted by atomic mass is 28.2. The summed E-state index contributed by atoms with van der Waals surface area (Å²) in [4.78, 5) is 3.41. The second-order valence-corrected chi connectivity index (χ2v) is 20.2. The highest BCUT2D eigenvalue weighted by molar-refractivity contribution is 6.32. The lowest BCUT2D eigenvalue weighted by Crippen LogP contribution is -2.62. The fourth-order valence-electron chi connectivity index (χ4n) is 6.87. The molecule has 0 radical (unpaired) electrons. The first-order valence-corrected chi connectivity index (χ1v) is 18.6. The number of azide groups is 1. The van der Waals surface area contributed by atoms with Crippen molar-refractivity contribution in [2.45, 2.75) is 75.3 Å². The molecule has 4 aromatic rings. The van der Waals surface area contributed by atoms with Crippen LogP contribution in [0.3, 0.4) is 0 Å². The van der Waals surface area contributed by atoms with E-state index in [1.54, 1.807) is 0 Å². The normalized spacial score (nSPS) is 19.5. The molecule has 0 heterocycles. The van der Waals surface area contributed by atoms with Gasteiger partial charge in [0.2, 0.25) is 0 Å². The SMILES string of the molecule is CC(C)(C)[SiH2]OC(c1ccccc1)(c1ccccc1)[C@H]1[C@H](N=[N+]=[N-])C[C@@H]1C(O[SiH2]C(C)(C)C)(c1ccccc1)c1ccccc1. The first kappa shape index (κ1) is 32.9.